The summed E-state index contributed by atoms with van der Waals surface area (Å²) < 4.78 is 79.2. The van der Waals surface area contributed by atoms with Gasteiger partial charge >= 0.3 is 48.0 Å². The van der Waals surface area contributed by atoms with Crippen molar-refractivity contribution in [3.05, 3.63) is 322 Å². The molecule has 7 unspecified atom stereocenters. The van der Waals surface area contributed by atoms with Gasteiger partial charge in [-0.05, 0) is 287 Å². The molecule has 0 spiro atoms. The zero-order valence-electron chi connectivity index (χ0n) is 81.8. The number of halogens is 4. The van der Waals surface area contributed by atoms with Crippen LogP contribution in [-0.2, 0) is 34.8 Å². The smallest absolute Gasteiger partial charge is 0.386 e. The van der Waals surface area contributed by atoms with E-state index in [1.54, 1.807) is 151 Å². The number of aromatic nitrogens is 1. The Labute approximate surface area is 828 Å². The first-order chi connectivity index (χ1) is 67.6. The summed E-state index contributed by atoms with van der Waals surface area (Å²) in [5.41, 5.74) is 71.5. The zero-order chi connectivity index (χ0) is 103. The number of fused-ring (bicyclic) bond motifs is 5. The number of pyridine rings is 1. The van der Waals surface area contributed by atoms with Gasteiger partial charge in [0, 0.05) is 88.5 Å². The van der Waals surface area contributed by atoms with Crippen molar-refractivity contribution in [2.45, 2.75) is 194 Å². The van der Waals surface area contributed by atoms with Gasteiger partial charge in [0.1, 0.15) is 36.3 Å². The third kappa shape index (κ3) is 32.3. The fourth-order valence-corrected chi connectivity index (χ4v) is 19.2. The van der Waals surface area contributed by atoms with Crippen molar-refractivity contribution >= 4 is 111 Å². The molecule has 9 aromatic carbocycles. The Morgan fingerprint density at radius 1 is 0.408 bits per heavy atom. The number of rotatable bonds is 22. The number of benzene rings is 9. The SMILES string of the molecule is CC(C)C/C=C/C(C)C1CCC2(C)C3=CC=C4CC(OC(=O)c5cc(N)cc(N)c5)CCC4(C)C3CCC12C.CC(F)(F)F.CF.Nc1cc(N)cc(C(=O)OC2CCC(OC(=O)c3ccccc3)CC2)c1.Nc1cc(N)cc(C(=O)OC2CCC(OC(=O)c3ccccc3)CC2)c1.Nc1cc(N)cc(C(=O)OCCc2ccccn2)c1.Nc1cc(N)cc(C(=O)Oc2ccc(/C=C\c3ccccc3)cc2)c1. The van der Waals surface area contributed by atoms with Crippen molar-refractivity contribution in [1.29, 1.82) is 0 Å². The van der Waals surface area contributed by atoms with Crippen LogP contribution >= 0.6 is 0 Å². The van der Waals surface area contributed by atoms with E-state index in [2.05, 4.69) is 70.8 Å². The Morgan fingerprint density at radius 3 is 1.15 bits per heavy atom. The first kappa shape index (κ1) is 109. The summed E-state index contributed by atoms with van der Waals surface area (Å²) >= 11 is 0. The van der Waals surface area contributed by atoms with E-state index in [-0.39, 0.29) is 72.8 Å². The standard InChI is InChI=1S/C35H50N2O2.C21H18N2O2.2C20H22N2O4.C14H15N3O2.C2H3F3.CH3F/c1-22(2)8-7-9-23(3)29-13-16-35(6)31-11-10-25-20-28(39-32(38)24-18-26(36)21-27(37)19-24)12-15-33(25,4)30(31)14-17-34(29,35)5;22-18-12-17(13-19(23)14-18)21(24)25-20-10-8-16(9-11-20)7-6-15-4-2-1-3-5-15;2*21-15-10-14(11-16(22)12-15)20(24)26-18-8-6-17(7-9-18)25-19(23)13-4-2-1-3-5-13;15-11-7-10(8-12(16)9-11)14(18)19-6-4-13-3-1-2-5-17-13;1-2(3,4)5;1-2/h7,9-11,18-19,21-23,28-30H,8,12-17,20,36-37H2,1-6H3;1-14H,22-23H2;2*1-5,10-12,17-18H,6-9,21-22H2;1-3,5,7-9H,4,6,15-16H2;1H3;1H3/b9-7+;7-6-;;;;;. The molecular formula is C113H133F4N11O14. The van der Waals surface area contributed by atoms with Crippen molar-refractivity contribution in [2.24, 2.45) is 39.9 Å². The van der Waals surface area contributed by atoms with Crippen LogP contribution in [0.25, 0.3) is 12.2 Å². The number of nitrogens with two attached hydrogens (primary N) is 10. The number of carbonyl (C=O) groups excluding carboxylic acids is 7. The molecule has 1 aromatic heterocycles. The molecule has 0 aliphatic heterocycles. The average molecular weight is 1950 g/mol. The summed E-state index contributed by atoms with van der Waals surface area (Å²) in [6.07, 6.45) is 25.7. The Bertz CT molecular complexity index is 5790. The number of anilines is 10. The lowest BCUT2D eigenvalue weighted by atomic mass is 9.45. The molecule has 6 aliphatic carbocycles. The number of nitrogen functional groups attached to an aromatic ring is 10. The summed E-state index contributed by atoms with van der Waals surface area (Å²) in [6, 6.07) is 64.4. The minimum absolute atomic E-state index is 0.104. The van der Waals surface area contributed by atoms with Gasteiger partial charge in [-0.3, -0.25) is 9.37 Å². The molecule has 6 aliphatic rings. The summed E-state index contributed by atoms with van der Waals surface area (Å²) in [7, 11) is 0.500. The molecule has 10 aromatic rings. The maximum atomic E-state index is 12.9. The van der Waals surface area contributed by atoms with E-state index in [4.69, 9.17) is 90.5 Å². The van der Waals surface area contributed by atoms with Crippen LogP contribution in [0.5, 0.6) is 5.75 Å². The third-order valence-corrected chi connectivity index (χ3v) is 26.5. The molecule has 0 bridgehead atoms. The lowest BCUT2D eigenvalue weighted by Gasteiger charge is -2.59. The highest BCUT2D eigenvalue weighted by molar-refractivity contribution is 5.96. The second-order valence-corrected chi connectivity index (χ2v) is 37.7. The van der Waals surface area contributed by atoms with Crippen molar-refractivity contribution in [3.63, 3.8) is 0 Å². The summed E-state index contributed by atoms with van der Waals surface area (Å²) in [4.78, 5) is 89.7. The molecule has 5 saturated carbocycles. The second-order valence-electron chi connectivity index (χ2n) is 37.7. The number of hydrogen-bond donors (Lipinski definition) is 10. The van der Waals surface area contributed by atoms with Crippen LogP contribution < -0.4 is 62.1 Å². The number of allylic oxidation sites excluding steroid dienone is 5. The lowest BCUT2D eigenvalue weighted by molar-refractivity contribution is -0.110. The first-order valence-electron chi connectivity index (χ1n) is 47.7. The van der Waals surface area contributed by atoms with E-state index < -0.39 is 30.1 Å². The average Bonchev–Trinajstić information content (AvgIpc) is 1.51. The van der Waals surface area contributed by atoms with Crippen LogP contribution in [0.4, 0.5) is 74.4 Å². The molecule has 1 heterocycles. The summed E-state index contributed by atoms with van der Waals surface area (Å²) in [5, 5.41) is 0. The van der Waals surface area contributed by atoms with Crippen LogP contribution in [0.15, 0.2) is 266 Å². The van der Waals surface area contributed by atoms with E-state index >= 15 is 0 Å². The van der Waals surface area contributed by atoms with E-state index in [0.717, 1.165) is 47.9 Å². The number of nitrogens with zero attached hydrogens (tertiary/aromatic N) is 1. The Hall–Kier alpha value is -14.9. The van der Waals surface area contributed by atoms with Crippen LogP contribution in [0.1, 0.15) is 241 Å². The van der Waals surface area contributed by atoms with Crippen molar-refractivity contribution < 1.29 is 84.3 Å². The minimum Gasteiger partial charge on any atom is -0.462 e. The lowest BCUT2D eigenvalue weighted by Crippen LogP contribution is -2.51. The van der Waals surface area contributed by atoms with Gasteiger partial charge in [-0.15, -0.1) is 0 Å². The monoisotopic (exact) mass is 1940 g/mol. The number of hydrogen-bond acceptors (Lipinski definition) is 25. The van der Waals surface area contributed by atoms with E-state index in [0.29, 0.717) is 184 Å². The molecule has 20 N–H and O–H groups in total. The third-order valence-electron chi connectivity index (χ3n) is 26.5. The Morgan fingerprint density at radius 2 is 0.768 bits per heavy atom. The highest BCUT2D eigenvalue weighted by Crippen LogP contribution is 2.72. The second kappa shape index (κ2) is 51.3. The predicted octanol–water partition coefficient (Wildman–Crippen LogP) is 22.9. The maximum absolute atomic E-state index is 12.9. The van der Waals surface area contributed by atoms with E-state index in [1.807, 2.05) is 84.9 Å². The van der Waals surface area contributed by atoms with Gasteiger partial charge in [0.2, 0.25) is 0 Å². The van der Waals surface area contributed by atoms with Crippen LogP contribution in [0, 0.1) is 39.9 Å². The van der Waals surface area contributed by atoms with Crippen LogP contribution in [0.2, 0.25) is 0 Å². The number of alkyl halides is 4. The highest BCUT2D eigenvalue weighted by Gasteiger charge is 2.63. The molecule has 142 heavy (non-hydrogen) atoms. The summed E-state index contributed by atoms with van der Waals surface area (Å²) in [5.74, 6) is 0.364. The highest BCUT2D eigenvalue weighted by atomic mass is 19.4. The Kier molecular flexibility index (Phi) is 39.4. The number of ether oxygens (including phenoxy) is 7. The number of esters is 7. The Balaban J connectivity index is 0.000000183. The molecule has 0 amide bonds. The van der Waals surface area contributed by atoms with E-state index in [1.165, 1.54) is 49.8 Å². The molecule has 752 valence electrons. The van der Waals surface area contributed by atoms with Gasteiger partial charge in [0.05, 0.1) is 52.7 Å². The zero-order valence-corrected chi connectivity index (χ0v) is 81.8. The van der Waals surface area contributed by atoms with Gasteiger partial charge in [-0.1, -0.05) is 174 Å². The van der Waals surface area contributed by atoms with Gasteiger partial charge in [-0.2, -0.15) is 13.2 Å². The van der Waals surface area contributed by atoms with Gasteiger partial charge < -0.3 is 90.5 Å². The molecule has 16 rings (SSSR count). The van der Waals surface area contributed by atoms with Crippen molar-refractivity contribution in [1.82, 2.24) is 4.98 Å². The molecule has 7 atom stereocenters. The van der Waals surface area contributed by atoms with Crippen molar-refractivity contribution in [2.75, 3.05) is 71.1 Å². The topological polar surface area (TPSA) is 457 Å². The van der Waals surface area contributed by atoms with Crippen LogP contribution in [0.3, 0.4) is 0 Å². The van der Waals surface area contributed by atoms with Crippen molar-refractivity contribution in [3.8, 4) is 5.75 Å². The molecule has 0 radical (unpaired) electrons. The largest absolute Gasteiger partial charge is 0.462 e. The fraction of sp³-hybridized carbons (Fsp3) is 0.345. The molecular weight excluding hydrogens is 1810 g/mol. The normalized spacial score (nSPS) is 20.9. The first-order valence-corrected chi connectivity index (χ1v) is 47.7. The predicted molar refractivity (Wildman–Crippen MR) is 553 cm³/mol. The number of carbonyl (C=O) groups is 7. The van der Waals surface area contributed by atoms with Gasteiger partial charge in [0.25, 0.3) is 0 Å². The maximum Gasteiger partial charge on any atom is 0.386 e. The molecule has 25 nitrogen and oxygen atoms in total. The quantitative estimate of drug-likeness (QED) is 0.00573. The van der Waals surface area contributed by atoms with E-state index in [9.17, 15) is 51.1 Å². The fourth-order valence-electron chi connectivity index (χ4n) is 19.2. The summed E-state index contributed by atoms with van der Waals surface area (Å²) in [6.45, 7) is 15.2. The minimum atomic E-state index is -4.00. The van der Waals surface area contributed by atoms with Crippen LogP contribution in [-0.4, -0.2) is 97.2 Å². The van der Waals surface area contributed by atoms with Gasteiger partial charge in [0.15, 0.2) is 0 Å². The molecule has 5 fully saturated rings. The van der Waals surface area contributed by atoms with Gasteiger partial charge in [-0.25, -0.2) is 33.6 Å². The molecule has 29 heteroatoms. The molecule has 0 saturated heterocycles.